The molecule has 0 heterocycles. The minimum atomic E-state index is 0.0686. The maximum atomic E-state index is 9.68. The van der Waals surface area contributed by atoms with Gasteiger partial charge in [-0.3, -0.25) is 0 Å². The van der Waals surface area contributed by atoms with E-state index in [1.54, 1.807) is 6.07 Å². The molecule has 0 aromatic heterocycles. The van der Waals surface area contributed by atoms with Crippen molar-refractivity contribution in [1.82, 2.24) is 0 Å². The SMILES string of the molecule is COc1ccc(C[C@@H](C)N)c(Br)c1O. The zero-order valence-electron chi connectivity index (χ0n) is 8.25. The Morgan fingerprint density at radius 3 is 2.71 bits per heavy atom. The molecule has 0 spiro atoms. The molecule has 0 unspecified atom stereocenters. The van der Waals surface area contributed by atoms with E-state index in [2.05, 4.69) is 15.9 Å². The van der Waals surface area contributed by atoms with Gasteiger partial charge in [0.25, 0.3) is 0 Å². The summed E-state index contributed by atoms with van der Waals surface area (Å²) in [6, 6.07) is 3.70. The third kappa shape index (κ3) is 2.39. The second-order valence-corrected chi connectivity index (χ2v) is 4.06. The van der Waals surface area contributed by atoms with Crippen molar-refractivity contribution in [3.63, 3.8) is 0 Å². The molecule has 0 aliphatic rings. The van der Waals surface area contributed by atoms with E-state index in [0.717, 1.165) is 12.0 Å². The van der Waals surface area contributed by atoms with Gasteiger partial charge in [-0.2, -0.15) is 0 Å². The molecule has 3 N–H and O–H groups in total. The Hall–Kier alpha value is -0.740. The molecule has 1 atom stereocenters. The minimum Gasteiger partial charge on any atom is -0.503 e. The van der Waals surface area contributed by atoms with Crippen LogP contribution in [0, 0.1) is 0 Å². The van der Waals surface area contributed by atoms with Gasteiger partial charge in [0, 0.05) is 6.04 Å². The third-order valence-corrected chi connectivity index (χ3v) is 2.81. The molecule has 0 aliphatic heterocycles. The van der Waals surface area contributed by atoms with Crippen LogP contribution < -0.4 is 10.5 Å². The molecule has 0 saturated carbocycles. The van der Waals surface area contributed by atoms with E-state index in [-0.39, 0.29) is 11.8 Å². The molecule has 0 bridgehead atoms. The highest BCUT2D eigenvalue weighted by molar-refractivity contribution is 9.10. The standard InChI is InChI=1S/C10H14BrNO2/c1-6(12)5-7-3-4-8(14-2)10(13)9(7)11/h3-4,6,13H,5,12H2,1-2H3/t6-/m1/s1. The molecule has 1 aromatic carbocycles. The van der Waals surface area contributed by atoms with Crippen molar-refractivity contribution in [2.45, 2.75) is 19.4 Å². The van der Waals surface area contributed by atoms with Gasteiger partial charge in [-0.1, -0.05) is 6.07 Å². The van der Waals surface area contributed by atoms with Gasteiger partial charge in [0.2, 0.25) is 0 Å². The lowest BCUT2D eigenvalue weighted by Gasteiger charge is -2.11. The van der Waals surface area contributed by atoms with Crippen LogP contribution in [0.4, 0.5) is 0 Å². The van der Waals surface area contributed by atoms with Crippen LogP contribution in [0.25, 0.3) is 0 Å². The lowest BCUT2D eigenvalue weighted by molar-refractivity contribution is 0.371. The fraction of sp³-hybridized carbons (Fsp3) is 0.400. The van der Waals surface area contributed by atoms with Crippen LogP contribution >= 0.6 is 15.9 Å². The van der Waals surface area contributed by atoms with Crippen molar-refractivity contribution in [1.29, 1.82) is 0 Å². The first-order chi connectivity index (χ1) is 6.56. The van der Waals surface area contributed by atoms with Crippen LogP contribution in [0.2, 0.25) is 0 Å². The van der Waals surface area contributed by atoms with Crippen molar-refractivity contribution in [3.8, 4) is 11.5 Å². The van der Waals surface area contributed by atoms with E-state index in [9.17, 15) is 5.11 Å². The second kappa shape index (κ2) is 4.66. The number of rotatable bonds is 3. The van der Waals surface area contributed by atoms with E-state index in [1.165, 1.54) is 7.11 Å². The highest BCUT2D eigenvalue weighted by Gasteiger charge is 2.11. The van der Waals surface area contributed by atoms with E-state index >= 15 is 0 Å². The summed E-state index contributed by atoms with van der Waals surface area (Å²) in [6.45, 7) is 1.92. The first kappa shape index (κ1) is 11.3. The predicted octanol–water partition coefficient (Wildman–Crippen LogP) is 2.05. The summed E-state index contributed by atoms with van der Waals surface area (Å²) in [5.74, 6) is 0.593. The number of hydrogen-bond donors (Lipinski definition) is 2. The van der Waals surface area contributed by atoms with Crippen molar-refractivity contribution in [3.05, 3.63) is 22.2 Å². The van der Waals surface area contributed by atoms with Gasteiger partial charge in [-0.25, -0.2) is 0 Å². The average Bonchev–Trinajstić information content (AvgIpc) is 2.13. The topological polar surface area (TPSA) is 55.5 Å². The first-order valence-corrected chi connectivity index (χ1v) is 5.15. The summed E-state index contributed by atoms with van der Waals surface area (Å²) < 4.78 is 5.64. The van der Waals surface area contributed by atoms with Crippen LogP contribution in [-0.2, 0) is 6.42 Å². The third-order valence-electron chi connectivity index (χ3n) is 1.92. The van der Waals surface area contributed by atoms with Crippen molar-refractivity contribution in [2.75, 3.05) is 7.11 Å². The number of phenolic OH excluding ortho intramolecular Hbond substituents is 1. The molecule has 3 nitrogen and oxygen atoms in total. The summed E-state index contributed by atoms with van der Waals surface area (Å²) in [7, 11) is 1.52. The number of ether oxygens (including phenoxy) is 1. The summed E-state index contributed by atoms with van der Waals surface area (Å²) in [5, 5.41) is 9.68. The number of nitrogens with two attached hydrogens (primary N) is 1. The monoisotopic (exact) mass is 259 g/mol. The number of methoxy groups -OCH3 is 1. The van der Waals surface area contributed by atoms with Crippen LogP contribution in [0.5, 0.6) is 11.5 Å². The molecule has 0 radical (unpaired) electrons. The Kier molecular flexibility index (Phi) is 3.77. The van der Waals surface area contributed by atoms with Crippen LogP contribution in [0.3, 0.4) is 0 Å². The Bertz CT molecular complexity index is 326. The zero-order valence-corrected chi connectivity index (χ0v) is 9.84. The Morgan fingerprint density at radius 2 is 2.21 bits per heavy atom. The van der Waals surface area contributed by atoms with Crippen molar-refractivity contribution >= 4 is 15.9 Å². The van der Waals surface area contributed by atoms with Gasteiger partial charge in [0.1, 0.15) is 0 Å². The van der Waals surface area contributed by atoms with Gasteiger partial charge in [-0.15, -0.1) is 0 Å². The highest BCUT2D eigenvalue weighted by Crippen LogP contribution is 2.36. The van der Waals surface area contributed by atoms with Gasteiger partial charge in [0.05, 0.1) is 11.6 Å². The summed E-state index contributed by atoms with van der Waals surface area (Å²) in [4.78, 5) is 0. The molecular weight excluding hydrogens is 246 g/mol. The average molecular weight is 260 g/mol. The van der Waals surface area contributed by atoms with Crippen LogP contribution in [-0.4, -0.2) is 18.3 Å². The largest absolute Gasteiger partial charge is 0.503 e. The first-order valence-electron chi connectivity index (χ1n) is 4.36. The highest BCUT2D eigenvalue weighted by atomic mass is 79.9. The number of halogens is 1. The Balaban J connectivity index is 3.04. The predicted molar refractivity (Wildman–Crippen MR) is 59.7 cm³/mol. The van der Waals surface area contributed by atoms with Gasteiger partial charge >= 0.3 is 0 Å². The molecule has 14 heavy (non-hydrogen) atoms. The molecule has 1 aromatic rings. The van der Waals surface area contributed by atoms with Crippen LogP contribution in [0.1, 0.15) is 12.5 Å². The molecular formula is C10H14BrNO2. The summed E-state index contributed by atoms with van der Waals surface area (Å²) in [5.41, 5.74) is 6.66. The fourth-order valence-corrected chi connectivity index (χ4v) is 1.75. The molecule has 0 amide bonds. The van der Waals surface area contributed by atoms with Crippen molar-refractivity contribution < 1.29 is 9.84 Å². The molecule has 0 fully saturated rings. The maximum absolute atomic E-state index is 9.68. The minimum absolute atomic E-state index is 0.0686. The molecule has 0 saturated heterocycles. The Morgan fingerprint density at radius 1 is 1.57 bits per heavy atom. The van der Waals surface area contributed by atoms with Gasteiger partial charge in [-0.05, 0) is 40.9 Å². The van der Waals surface area contributed by atoms with Gasteiger partial charge in [0.15, 0.2) is 11.5 Å². The maximum Gasteiger partial charge on any atom is 0.172 e. The summed E-state index contributed by atoms with van der Waals surface area (Å²) in [6.07, 6.45) is 0.720. The Labute approximate surface area is 92.0 Å². The number of benzene rings is 1. The quantitative estimate of drug-likeness (QED) is 0.874. The van der Waals surface area contributed by atoms with Crippen LogP contribution in [0.15, 0.2) is 16.6 Å². The fourth-order valence-electron chi connectivity index (χ4n) is 1.26. The normalized spacial score (nSPS) is 12.6. The molecule has 4 heteroatoms. The number of aromatic hydroxyl groups is 1. The summed E-state index contributed by atoms with van der Waals surface area (Å²) >= 11 is 3.31. The zero-order chi connectivity index (χ0) is 10.7. The lowest BCUT2D eigenvalue weighted by Crippen LogP contribution is -2.18. The molecule has 78 valence electrons. The van der Waals surface area contributed by atoms with E-state index in [0.29, 0.717) is 10.2 Å². The molecule has 0 aliphatic carbocycles. The van der Waals surface area contributed by atoms with Gasteiger partial charge < -0.3 is 15.6 Å². The van der Waals surface area contributed by atoms with Crippen molar-refractivity contribution in [2.24, 2.45) is 5.73 Å². The smallest absolute Gasteiger partial charge is 0.172 e. The molecule has 1 rings (SSSR count). The van der Waals surface area contributed by atoms with E-state index < -0.39 is 0 Å². The van der Waals surface area contributed by atoms with E-state index in [1.807, 2.05) is 13.0 Å². The number of phenols is 1. The lowest BCUT2D eigenvalue weighted by atomic mass is 10.1. The number of hydrogen-bond acceptors (Lipinski definition) is 3. The van der Waals surface area contributed by atoms with E-state index in [4.69, 9.17) is 10.5 Å². The second-order valence-electron chi connectivity index (χ2n) is 3.27.